The Morgan fingerprint density at radius 1 is 1.54 bits per heavy atom. The SMILES string of the molecule is ClCc1ncc(C2CCCCO2)o1. The summed E-state index contributed by atoms with van der Waals surface area (Å²) < 4.78 is 10.9. The van der Waals surface area contributed by atoms with Crippen LogP contribution in [0.3, 0.4) is 0 Å². The molecule has 1 aliphatic rings. The van der Waals surface area contributed by atoms with Gasteiger partial charge in [0.25, 0.3) is 0 Å². The molecule has 0 saturated carbocycles. The summed E-state index contributed by atoms with van der Waals surface area (Å²) >= 11 is 5.58. The molecule has 2 heterocycles. The van der Waals surface area contributed by atoms with E-state index in [1.165, 1.54) is 6.42 Å². The summed E-state index contributed by atoms with van der Waals surface area (Å²) in [6.07, 6.45) is 5.18. The first-order chi connectivity index (χ1) is 6.40. The molecule has 1 aromatic rings. The van der Waals surface area contributed by atoms with E-state index in [0.29, 0.717) is 11.8 Å². The van der Waals surface area contributed by atoms with Gasteiger partial charge in [0.1, 0.15) is 6.10 Å². The predicted molar refractivity (Wildman–Crippen MR) is 48.6 cm³/mol. The smallest absolute Gasteiger partial charge is 0.209 e. The molecule has 72 valence electrons. The van der Waals surface area contributed by atoms with Gasteiger partial charge in [-0.1, -0.05) is 0 Å². The van der Waals surface area contributed by atoms with Crippen molar-refractivity contribution in [3.8, 4) is 0 Å². The van der Waals surface area contributed by atoms with Crippen LogP contribution in [-0.4, -0.2) is 11.6 Å². The van der Waals surface area contributed by atoms with Gasteiger partial charge in [-0.25, -0.2) is 4.98 Å². The van der Waals surface area contributed by atoms with E-state index in [1.54, 1.807) is 6.20 Å². The number of oxazole rings is 1. The van der Waals surface area contributed by atoms with Crippen LogP contribution in [0.5, 0.6) is 0 Å². The highest BCUT2D eigenvalue weighted by Crippen LogP contribution is 2.28. The summed E-state index contributed by atoms with van der Waals surface area (Å²) in [5, 5.41) is 0. The Bertz CT molecular complexity index is 268. The third-order valence-corrected chi connectivity index (χ3v) is 2.41. The Morgan fingerprint density at radius 2 is 2.46 bits per heavy atom. The lowest BCUT2D eigenvalue weighted by Crippen LogP contribution is -2.10. The number of ether oxygens (including phenoxy) is 1. The van der Waals surface area contributed by atoms with Gasteiger partial charge in [-0.3, -0.25) is 0 Å². The third kappa shape index (κ3) is 2.03. The minimum Gasteiger partial charge on any atom is -0.442 e. The van der Waals surface area contributed by atoms with E-state index in [4.69, 9.17) is 20.8 Å². The van der Waals surface area contributed by atoms with Crippen LogP contribution in [0.15, 0.2) is 10.6 Å². The molecule has 1 unspecified atom stereocenters. The Balaban J connectivity index is 2.05. The van der Waals surface area contributed by atoms with Crippen LogP contribution in [0.4, 0.5) is 0 Å². The Labute approximate surface area is 82.0 Å². The second-order valence-corrected chi connectivity index (χ2v) is 3.41. The van der Waals surface area contributed by atoms with Crippen LogP contribution in [0, 0.1) is 0 Å². The van der Waals surface area contributed by atoms with Gasteiger partial charge in [-0.15, -0.1) is 11.6 Å². The second kappa shape index (κ2) is 4.11. The number of hydrogen-bond donors (Lipinski definition) is 0. The Morgan fingerprint density at radius 3 is 3.08 bits per heavy atom. The van der Waals surface area contributed by atoms with Gasteiger partial charge >= 0.3 is 0 Å². The third-order valence-electron chi connectivity index (χ3n) is 2.18. The van der Waals surface area contributed by atoms with Gasteiger partial charge in [0, 0.05) is 6.61 Å². The summed E-state index contributed by atoms with van der Waals surface area (Å²) in [6, 6.07) is 0. The van der Waals surface area contributed by atoms with E-state index in [9.17, 15) is 0 Å². The molecule has 0 spiro atoms. The molecule has 0 N–H and O–H groups in total. The van der Waals surface area contributed by atoms with Crippen molar-refractivity contribution < 1.29 is 9.15 Å². The zero-order chi connectivity index (χ0) is 9.10. The highest BCUT2D eigenvalue weighted by Gasteiger charge is 2.19. The van der Waals surface area contributed by atoms with E-state index in [1.807, 2.05) is 0 Å². The summed E-state index contributed by atoms with van der Waals surface area (Å²) in [5.74, 6) is 1.72. The number of hydrogen-bond acceptors (Lipinski definition) is 3. The fourth-order valence-corrected chi connectivity index (χ4v) is 1.62. The molecule has 0 bridgehead atoms. The molecular formula is C9H12ClNO2. The maximum absolute atomic E-state index is 5.58. The van der Waals surface area contributed by atoms with Gasteiger partial charge in [-0.05, 0) is 19.3 Å². The van der Waals surface area contributed by atoms with Crippen LogP contribution in [-0.2, 0) is 10.6 Å². The number of rotatable bonds is 2. The largest absolute Gasteiger partial charge is 0.442 e. The Kier molecular flexibility index (Phi) is 2.86. The highest BCUT2D eigenvalue weighted by molar-refractivity contribution is 6.16. The first-order valence-electron chi connectivity index (χ1n) is 4.52. The van der Waals surface area contributed by atoms with Crippen molar-refractivity contribution in [2.45, 2.75) is 31.2 Å². The first-order valence-corrected chi connectivity index (χ1v) is 5.06. The summed E-state index contributed by atoms with van der Waals surface area (Å²) in [6.45, 7) is 0.821. The van der Waals surface area contributed by atoms with Crippen molar-refractivity contribution in [3.63, 3.8) is 0 Å². The Hall–Kier alpha value is -0.540. The van der Waals surface area contributed by atoms with Crippen LogP contribution in [0.1, 0.15) is 37.0 Å². The number of aromatic nitrogens is 1. The van der Waals surface area contributed by atoms with Crippen molar-refractivity contribution in [1.29, 1.82) is 0 Å². The summed E-state index contributed by atoms with van der Waals surface area (Å²) in [4.78, 5) is 4.03. The van der Waals surface area contributed by atoms with Crippen molar-refractivity contribution in [2.24, 2.45) is 0 Å². The first kappa shape index (κ1) is 9.03. The molecule has 0 aromatic carbocycles. The number of halogens is 1. The molecule has 1 fully saturated rings. The standard InChI is InChI=1S/C9H12ClNO2/c10-5-9-11-6-8(13-9)7-3-1-2-4-12-7/h6-7H,1-5H2. The van der Waals surface area contributed by atoms with Gasteiger partial charge < -0.3 is 9.15 Å². The van der Waals surface area contributed by atoms with Crippen LogP contribution < -0.4 is 0 Å². The fourth-order valence-electron chi connectivity index (χ4n) is 1.50. The lowest BCUT2D eigenvalue weighted by Gasteiger charge is -2.19. The van der Waals surface area contributed by atoms with Crippen molar-refractivity contribution in [3.05, 3.63) is 17.8 Å². The normalized spacial score (nSPS) is 23.3. The number of nitrogens with zero attached hydrogens (tertiary/aromatic N) is 1. The molecule has 1 atom stereocenters. The van der Waals surface area contributed by atoms with E-state index in [0.717, 1.165) is 25.2 Å². The lowest BCUT2D eigenvalue weighted by atomic mass is 10.1. The average molecular weight is 202 g/mol. The molecule has 13 heavy (non-hydrogen) atoms. The molecule has 4 heteroatoms. The fraction of sp³-hybridized carbons (Fsp3) is 0.667. The maximum Gasteiger partial charge on any atom is 0.209 e. The van der Waals surface area contributed by atoms with Gasteiger partial charge in [0.05, 0.1) is 12.1 Å². The molecular weight excluding hydrogens is 190 g/mol. The molecule has 0 radical (unpaired) electrons. The van der Waals surface area contributed by atoms with E-state index in [2.05, 4.69) is 4.98 Å². The lowest BCUT2D eigenvalue weighted by molar-refractivity contribution is 0.00140. The van der Waals surface area contributed by atoms with Crippen molar-refractivity contribution >= 4 is 11.6 Å². The van der Waals surface area contributed by atoms with E-state index in [-0.39, 0.29) is 6.10 Å². The molecule has 1 aliphatic heterocycles. The van der Waals surface area contributed by atoms with Crippen LogP contribution >= 0.6 is 11.6 Å². The van der Waals surface area contributed by atoms with Crippen LogP contribution in [0.25, 0.3) is 0 Å². The summed E-state index contributed by atoms with van der Waals surface area (Å²) in [7, 11) is 0. The number of alkyl halides is 1. The summed E-state index contributed by atoms with van der Waals surface area (Å²) in [5.41, 5.74) is 0. The van der Waals surface area contributed by atoms with Crippen LogP contribution in [0.2, 0.25) is 0 Å². The molecule has 0 amide bonds. The minimum atomic E-state index is 0.0956. The molecule has 1 aromatic heterocycles. The zero-order valence-corrected chi connectivity index (χ0v) is 8.09. The van der Waals surface area contributed by atoms with Gasteiger partial charge in [0.2, 0.25) is 5.89 Å². The average Bonchev–Trinajstić information content (AvgIpc) is 2.67. The predicted octanol–water partition coefficient (Wildman–Crippen LogP) is 2.66. The topological polar surface area (TPSA) is 35.3 Å². The monoisotopic (exact) mass is 201 g/mol. The zero-order valence-electron chi connectivity index (χ0n) is 7.33. The highest BCUT2D eigenvalue weighted by atomic mass is 35.5. The second-order valence-electron chi connectivity index (χ2n) is 3.15. The van der Waals surface area contributed by atoms with Gasteiger partial charge in [-0.2, -0.15) is 0 Å². The van der Waals surface area contributed by atoms with Crippen molar-refractivity contribution in [2.75, 3.05) is 6.61 Å². The maximum atomic E-state index is 5.58. The van der Waals surface area contributed by atoms with E-state index >= 15 is 0 Å². The van der Waals surface area contributed by atoms with Crippen molar-refractivity contribution in [1.82, 2.24) is 4.98 Å². The molecule has 2 rings (SSSR count). The quantitative estimate of drug-likeness (QED) is 0.690. The van der Waals surface area contributed by atoms with Gasteiger partial charge in [0.15, 0.2) is 5.76 Å². The minimum absolute atomic E-state index is 0.0956. The molecule has 0 aliphatic carbocycles. The molecule has 3 nitrogen and oxygen atoms in total. The van der Waals surface area contributed by atoms with E-state index < -0.39 is 0 Å². The molecule has 1 saturated heterocycles.